The van der Waals surface area contributed by atoms with Gasteiger partial charge in [-0.15, -0.1) is 26.3 Å². The van der Waals surface area contributed by atoms with Crippen LogP contribution < -0.4 is 0 Å². The Hall–Kier alpha value is -0.114. The number of rotatable bonds is 14. The van der Waals surface area contributed by atoms with Gasteiger partial charge in [0, 0.05) is 98.0 Å². The van der Waals surface area contributed by atoms with Crippen molar-refractivity contribution >= 4 is 71.2 Å². The Kier molecular flexibility index (Phi) is 237. The second-order valence-corrected chi connectivity index (χ2v) is 32.2. The van der Waals surface area contributed by atoms with Gasteiger partial charge in [0.2, 0.25) is 0 Å². The maximum Gasteiger partial charge on any atom is 5.00 e. The summed E-state index contributed by atoms with van der Waals surface area (Å²) >= 11 is 0. The third-order valence-electron chi connectivity index (χ3n) is 4.12. The molecule has 2 radical (unpaired) electrons. The standard InChI is InChI=1S/C13H30O4Si4.C7H18O2Si2.3CHO.9CO.2CH3.3Fe.U.V/c1-11-19(8,14-4)16-21(10,13-3)17-20(9,12-2)15-18(5,6)7;1-7-11(6,8-2)9-10(3,4)5;12*1-2;;;;;;;/h11-13H,1-3H2,4-10H3;7H,1H2,2-6H3;3*1H;;;;;;;;;;2*1H3;;;;;/q;;3*-1;;;;;;;;;;2*-1;;;+5;;. The largest absolute Gasteiger partial charge is 5.00 e. The molecule has 0 fully saturated rings. The average Bonchev–Trinajstić information content (AvgIpc) is 3.25. The fraction of sp³-hybridized carbons (Fsp3) is 0.353. The molecule has 0 aliphatic heterocycles. The first kappa shape index (κ1) is 137. The molecule has 63 heavy (non-hydrogen) atoms. The molecule has 4 unspecified atom stereocenters. The van der Waals surface area contributed by atoms with Gasteiger partial charge in [0.1, 0.15) is 0 Å². The monoisotopic (exact) mass is 1380 g/mol. The molecule has 18 nitrogen and oxygen atoms in total. The fourth-order valence-corrected chi connectivity index (χ4v) is 22.8. The summed E-state index contributed by atoms with van der Waals surface area (Å²) in [4.78, 5) is 23.2. The van der Waals surface area contributed by atoms with Crippen LogP contribution in [-0.4, -0.2) is 85.5 Å². The second kappa shape index (κ2) is 109. The van der Waals surface area contributed by atoms with E-state index in [1.807, 2.05) is 37.6 Å². The van der Waals surface area contributed by atoms with Crippen molar-refractivity contribution in [2.75, 3.05) is 14.2 Å². The molecule has 0 aromatic rings. The fourth-order valence-electron chi connectivity index (χ4n) is 2.56. The van der Waals surface area contributed by atoms with Gasteiger partial charge in [-0.25, -0.2) is 0 Å². The zero-order valence-corrected chi connectivity index (χ0v) is 52.6. The third-order valence-corrected chi connectivity index (χ3v) is 23.3. The van der Waals surface area contributed by atoms with Crippen molar-refractivity contribution in [3.63, 3.8) is 0 Å². The summed E-state index contributed by atoms with van der Waals surface area (Å²) in [6, 6.07) is 0. The van der Waals surface area contributed by atoms with Crippen LogP contribution in [0.3, 0.4) is 0 Å². The summed E-state index contributed by atoms with van der Waals surface area (Å²) < 4.78 is 103. The Balaban J connectivity index is -0.0000000191. The molecule has 4 atom stereocenters. The predicted molar refractivity (Wildman–Crippen MR) is 221 cm³/mol. The number of hydrogen-bond donors (Lipinski definition) is 0. The van der Waals surface area contributed by atoms with Gasteiger partial charge in [0.25, 0.3) is 0 Å². The molecule has 0 rings (SSSR count). The van der Waals surface area contributed by atoms with Crippen LogP contribution in [0, 0.1) is 106 Å². The first-order chi connectivity index (χ1) is 26.2. The molecule has 0 saturated heterocycles. The minimum absolute atomic E-state index is 0. The Morgan fingerprint density at radius 3 is 0.603 bits per heavy atom. The van der Waals surface area contributed by atoms with E-state index in [9.17, 15) is 0 Å². The molecule has 0 spiro atoms. The molecule has 0 aromatic carbocycles. The molecule has 0 N–H and O–H groups in total. The molecule has 29 heteroatoms. The van der Waals surface area contributed by atoms with Crippen LogP contribution >= 0.6 is 0 Å². The van der Waals surface area contributed by atoms with Crippen LogP contribution in [0.2, 0.25) is 65.5 Å². The van der Waals surface area contributed by atoms with E-state index in [0.717, 1.165) is 0 Å². The minimum Gasteiger partial charge on any atom is -0.545 e. The summed E-state index contributed by atoms with van der Waals surface area (Å²) in [7, 11) is -9.51. The molecule has 0 bridgehead atoms. The summed E-state index contributed by atoms with van der Waals surface area (Å²) in [6.07, 6.45) is 0. The Bertz CT molecular complexity index is 1020. The van der Waals surface area contributed by atoms with E-state index >= 15 is 0 Å². The van der Waals surface area contributed by atoms with E-state index in [0.29, 0.717) is 0 Å². The van der Waals surface area contributed by atoms with Crippen LogP contribution in [0.15, 0.2) is 49.1 Å². The summed E-state index contributed by atoms with van der Waals surface area (Å²) in [6.45, 7) is 86.3. The van der Waals surface area contributed by atoms with Crippen LogP contribution in [-0.2, 0) is 151 Å². The SMILES string of the molecule is C=C[Si](C)(OC)O[Si](C)(C)C.C=C[Si](C)(OC)O[Si](C)(C=C)O[Si](C)(C=C)O[Si](C)(C)C.[C-]#[O+].[C-]#[O+].[C-]#[O+].[C-]#[O+].[C-]#[O+].[C-]#[O+].[C-]#[O+].[C-]#[O+].[C-]#[O+].[CH-]=O.[CH-]=O.[CH-]=O.[CH3-].[CH3-].[Fe+5].[Fe].[Fe].[U].[V]. The van der Waals surface area contributed by atoms with Gasteiger partial charge in [0.15, 0.2) is 16.6 Å². The van der Waals surface area contributed by atoms with Crippen molar-refractivity contribution in [1.82, 2.24) is 0 Å². The van der Waals surface area contributed by atoms with Crippen LogP contribution in [0.1, 0.15) is 0 Å². The van der Waals surface area contributed by atoms with Crippen molar-refractivity contribution in [3.8, 4) is 0 Å². The molecule has 0 saturated carbocycles. The van der Waals surface area contributed by atoms with Gasteiger partial charge < -0.3 is 54.5 Å². The maximum atomic E-state index is 7.75. The van der Waals surface area contributed by atoms with E-state index < -0.39 is 50.9 Å². The molecule has 0 heterocycles. The first-order valence-electron chi connectivity index (χ1n) is 13.2. The maximum absolute atomic E-state index is 7.75. The third kappa shape index (κ3) is 127. The van der Waals surface area contributed by atoms with Gasteiger partial charge in [0.05, 0.1) is 0 Å². The van der Waals surface area contributed by atoms with Gasteiger partial charge in [-0.3, -0.25) is 20.4 Å². The zero-order valence-electron chi connectivity index (χ0n) is 37.7. The topological polar surface area (TPSA) is 286 Å². The Morgan fingerprint density at radius 2 is 0.492 bits per heavy atom. The molecule has 0 aliphatic rings. The summed E-state index contributed by atoms with van der Waals surface area (Å²) in [5.74, 6) is 0. The number of carbonyl (C=O) groups excluding carboxylic acids is 3. The average molecular weight is 1380 g/mol. The molecule has 0 aliphatic carbocycles. The minimum atomic E-state index is -2.64. The Morgan fingerprint density at radius 1 is 0.381 bits per heavy atom. The van der Waals surface area contributed by atoms with E-state index in [1.165, 1.54) is 0 Å². The first-order valence-corrected chi connectivity index (χ1v) is 29.6. The molecule has 0 amide bonds. The second-order valence-electron chi connectivity index (χ2n) is 9.92. The normalized spacial score (nSPS) is 10.4. The van der Waals surface area contributed by atoms with Crippen molar-refractivity contribution in [2.24, 2.45) is 0 Å². The van der Waals surface area contributed by atoms with Gasteiger partial charge in [-0.05, 0) is 65.5 Å². The summed E-state index contributed by atoms with van der Waals surface area (Å²) in [5.41, 5.74) is 7.15. The Labute approximate surface area is 452 Å². The van der Waals surface area contributed by atoms with Crippen LogP contribution in [0.4, 0.5) is 0 Å². The van der Waals surface area contributed by atoms with Gasteiger partial charge in [-0.1, -0.05) is 22.8 Å². The van der Waals surface area contributed by atoms with Crippen molar-refractivity contribution in [3.05, 3.63) is 124 Å². The van der Waals surface area contributed by atoms with E-state index in [1.54, 1.807) is 25.6 Å². The molecule has 358 valence electrons. The molecule has 0 aromatic heterocycles. The zero-order chi connectivity index (χ0) is 50.1. The van der Waals surface area contributed by atoms with Gasteiger partial charge in [-0.2, -0.15) is 0 Å². The molecular formula is C34H57Fe3O18Si6UV. The van der Waals surface area contributed by atoms with E-state index in [4.69, 9.17) is 81.6 Å². The predicted octanol–water partition coefficient (Wildman–Crippen LogP) is 5.92. The quantitative estimate of drug-likeness (QED) is 0.0862. The summed E-state index contributed by atoms with van der Waals surface area (Å²) in [5, 5.41) is 0. The van der Waals surface area contributed by atoms with Crippen molar-refractivity contribution < 1.29 is 182 Å². The smallest absolute Gasteiger partial charge is 0.545 e. The van der Waals surface area contributed by atoms with Crippen molar-refractivity contribution in [1.29, 1.82) is 0 Å². The van der Waals surface area contributed by atoms with Crippen LogP contribution in [0.5, 0.6) is 0 Å². The van der Waals surface area contributed by atoms with E-state index in [-0.39, 0.29) is 116 Å². The number of hydrogen-bond acceptors (Lipinski definition) is 9. The van der Waals surface area contributed by atoms with Gasteiger partial charge >= 0.3 is 153 Å². The molecular weight excluding hydrogens is 1320 g/mol. The van der Waals surface area contributed by atoms with Crippen LogP contribution in [0.25, 0.3) is 0 Å². The van der Waals surface area contributed by atoms with Crippen molar-refractivity contribution in [2.45, 2.75) is 65.5 Å². The van der Waals surface area contributed by atoms with E-state index in [2.05, 4.69) is 146 Å².